The minimum Gasteiger partial charge on any atom is -0.377 e. The number of rotatable bonds is 8. The lowest BCUT2D eigenvalue weighted by atomic mass is 10.0. The van der Waals surface area contributed by atoms with Gasteiger partial charge in [0.25, 0.3) is 0 Å². The van der Waals surface area contributed by atoms with Gasteiger partial charge in [-0.25, -0.2) is 0 Å². The monoisotopic (exact) mass is 264 g/mol. The molecule has 1 atom stereocenters. The molecule has 1 aromatic carbocycles. The van der Waals surface area contributed by atoms with Gasteiger partial charge in [0.15, 0.2) is 0 Å². The highest BCUT2D eigenvalue weighted by atomic mass is 16.5. The summed E-state index contributed by atoms with van der Waals surface area (Å²) in [7, 11) is 0. The molecule has 0 aliphatic carbocycles. The first-order valence-corrected chi connectivity index (χ1v) is 6.78. The Balaban J connectivity index is 2.16. The van der Waals surface area contributed by atoms with E-state index in [4.69, 9.17) is 10.5 Å². The zero-order valence-corrected chi connectivity index (χ0v) is 11.8. The molecule has 106 valence electrons. The fraction of sp³-hybridized carbons (Fsp3) is 0.533. The smallest absolute Gasteiger partial charge is 0.220 e. The number of benzene rings is 1. The van der Waals surface area contributed by atoms with E-state index in [0.29, 0.717) is 26.0 Å². The van der Waals surface area contributed by atoms with Crippen molar-refractivity contribution in [3.8, 4) is 0 Å². The van der Waals surface area contributed by atoms with E-state index in [-0.39, 0.29) is 18.1 Å². The minimum atomic E-state index is -0.0844. The van der Waals surface area contributed by atoms with Crippen molar-refractivity contribution in [2.24, 2.45) is 5.73 Å². The normalized spacial score (nSPS) is 12.4. The van der Waals surface area contributed by atoms with Gasteiger partial charge >= 0.3 is 0 Å². The molecule has 19 heavy (non-hydrogen) atoms. The molecule has 0 bridgehead atoms. The SMILES string of the molecule is CC(C)OCCNC(=O)CCC(N)c1ccccc1. The summed E-state index contributed by atoms with van der Waals surface area (Å²) in [6.45, 7) is 5.05. The summed E-state index contributed by atoms with van der Waals surface area (Å²) in [6.07, 6.45) is 1.29. The molecule has 0 radical (unpaired) electrons. The molecule has 0 aliphatic heterocycles. The van der Waals surface area contributed by atoms with Crippen LogP contribution in [0, 0.1) is 0 Å². The van der Waals surface area contributed by atoms with E-state index in [1.165, 1.54) is 0 Å². The van der Waals surface area contributed by atoms with Gasteiger partial charge in [-0.05, 0) is 25.8 Å². The van der Waals surface area contributed by atoms with Gasteiger partial charge in [0.1, 0.15) is 0 Å². The minimum absolute atomic E-state index is 0.0266. The topological polar surface area (TPSA) is 64.3 Å². The lowest BCUT2D eigenvalue weighted by Crippen LogP contribution is -2.28. The third-order valence-corrected chi connectivity index (χ3v) is 2.79. The van der Waals surface area contributed by atoms with Gasteiger partial charge in [0, 0.05) is 19.0 Å². The van der Waals surface area contributed by atoms with Crippen LogP contribution in [-0.2, 0) is 9.53 Å². The Hall–Kier alpha value is -1.39. The Labute approximate surface area is 115 Å². The molecule has 0 aromatic heterocycles. The van der Waals surface area contributed by atoms with Crippen molar-refractivity contribution in [2.75, 3.05) is 13.2 Å². The van der Waals surface area contributed by atoms with Crippen LogP contribution in [0.1, 0.15) is 38.3 Å². The van der Waals surface area contributed by atoms with E-state index < -0.39 is 0 Å². The van der Waals surface area contributed by atoms with E-state index >= 15 is 0 Å². The van der Waals surface area contributed by atoms with Crippen LogP contribution in [0.4, 0.5) is 0 Å². The van der Waals surface area contributed by atoms with Crippen LogP contribution < -0.4 is 11.1 Å². The number of amides is 1. The second-order valence-corrected chi connectivity index (χ2v) is 4.83. The standard InChI is InChI=1S/C15H24N2O2/c1-12(2)19-11-10-17-15(18)9-8-14(16)13-6-4-3-5-7-13/h3-7,12,14H,8-11,16H2,1-2H3,(H,17,18). The summed E-state index contributed by atoms with van der Waals surface area (Å²) >= 11 is 0. The highest BCUT2D eigenvalue weighted by molar-refractivity contribution is 5.75. The molecule has 0 fully saturated rings. The van der Waals surface area contributed by atoms with Gasteiger partial charge in [0.2, 0.25) is 5.91 Å². The molecule has 0 aliphatic rings. The molecule has 3 N–H and O–H groups in total. The number of carbonyl (C=O) groups is 1. The van der Waals surface area contributed by atoms with Crippen molar-refractivity contribution < 1.29 is 9.53 Å². The number of hydrogen-bond donors (Lipinski definition) is 2. The lowest BCUT2D eigenvalue weighted by Gasteiger charge is -2.12. The summed E-state index contributed by atoms with van der Waals surface area (Å²) in [5.74, 6) is 0.0266. The zero-order valence-electron chi connectivity index (χ0n) is 11.8. The lowest BCUT2D eigenvalue weighted by molar-refractivity contribution is -0.121. The summed E-state index contributed by atoms with van der Waals surface area (Å²) in [6, 6.07) is 9.76. The van der Waals surface area contributed by atoms with Crippen molar-refractivity contribution in [2.45, 2.75) is 38.8 Å². The fourth-order valence-corrected chi connectivity index (χ4v) is 1.73. The number of carbonyl (C=O) groups excluding carboxylic acids is 1. The number of nitrogens with one attached hydrogen (secondary N) is 1. The molecule has 0 spiro atoms. The van der Waals surface area contributed by atoms with Crippen molar-refractivity contribution >= 4 is 5.91 Å². The Morgan fingerprint density at radius 2 is 2.00 bits per heavy atom. The van der Waals surface area contributed by atoms with Gasteiger partial charge in [-0.3, -0.25) is 4.79 Å². The second-order valence-electron chi connectivity index (χ2n) is 4.83. The van der Waals surface area contributed by atoms with Gasteiger partial charge in [-0.15, -0.1) is 0 Å². The van der Waals surface area contributed by atoms with Gasteiger partial charge in [-0.2, -0.15) is 0 Å². The van der Waals surface area contributed by atoms with Gasteiger partial charge in [-0.1, -0.05) is 30.3 Å². The average molecular weight is 264 g/mol. The molecule has 0 heterocycles. The van der Waals surface area contributed by atoms with Crippen LogP contribution in [0.2, 0.25) is 0 Å². The summed E-state index contributed by atoms with van der Waals surface area (Å²) in [5, 5.41) is 2.83. The number of hydrogen-bond acceptors (Lipinski definition) is 3. The van der Waals surface area contributed by atoms with Crippen LogP contribution in [0.25, 0.3) is 0 Å². The summed E-state index contributed by atoms with van der Waals surface area (Å²) in [4.78, 5) is 11.6. The Kier molecular flexibility index (Phi) is 7.15. The average Bonchev–Trinajstić information content (AvgIpc) is 2.41. The van der Waals surface area contributed by atoms with Crippen LogP contribution in [0.3, 0.4) is 0 Å². The van der Waals surface area contributed by atoms with E-state index in [1.54, 1.807) is 0 Å². The van der Waals surface area contributed by atoms with Crippen LogP contribution in [0.15, 0.2) is 30.3 Å². The Morgan fingerprint density at radius 3 is 2.63 bits per heavy atom. The first-order valence-electron chi connectivity index (χ1n) is 6.78. The van der Waals surface area contributed by atoms with Gasteiger partial charge < -0.3 is 15.8 Å². The molecular weight excluding hydrogens is 240 g/mol. The molecular formula is C15H24N2O2. The van der Waals surface area contributed by atoms with Gasteiger partial charge in [0.05, 0.1) is 12.7 Å². The maximum absolute atomic E-state index is 11.6. The van der Waals surface area contributed by atoms with E-state index in [2.05, 4.69) is 5.32 Å². The quantitative estimate of drug-likeness (QED) is 0.706. The largest absolute Gasteiger partial charge is 0.377 e. The molecule has 1 amide bonds. The Morgan fingerprint density at radius 1 is 1.32 bits per heavy atom. The van der Waals surface area contributed by atoms with Crippen molar-refractivity contribution in [1.82, 2.24) is 5.32 Å². The first-order chi connectivity index (χ1) is 9.09. The highest BCUT2D eigenvalue weighted by Gasteiger charge is 2.08. The van der Waals surface area contributed by atoms with Crippen molar-refractivity contribution in [1.29, 1.82) is 0 Å². The molecule has 1 aromatic rings. The maximum atomic E-state index is 11.6. The maximum Gasteiger partial charge on any atom is 0.220 e. The fourth-order valence-electron chi connectivity index (χ4n) is 1.73. The summed E-state index contributed by atoms with van der Waals surface area (Å²) in [5.41, 5.74) is 7.10. The zero-order chi connectivity index (χ0) is 14.1. The second kappa shape index (κ2) is 8.67. The Bertz CT molecular complexity index is 366. The highest BCUT2D eigenvalue weighted by Crippen LogP contribution is 2.14. The van der Waals surface area contributed by atoms with E-state index in [1.807, 2.05) is 44.2 Å². The molecule has 0 saturated carbocycles. The molecule has 1 unspecified atom stereocenters. The molecule has 4 nitrogen and oxygen atoms in total. The van der Waals surface area contributed by atoms with Crippen LogP contribution in [0.5, 0.6) is 0 Å². The predicted octanol–water partition coefficient (Wildman–Crippen LogP) is 2.01. The number of ether oxygens (including phenoxy) is 1. The van der Waals surface area contributed by atoms with E-state index in [0.717, 1.165) is 5.56 Å². The first kappa shape index (κ1) is 15.7. The molecule has 1 rings (SSSR count). The third-order valence-electron chi connectivity index (χ3n) is 2.79. The van der Waals surface area contributed by atoms with Crippen molar-refractivity contribution in [3.05, 3.63) is 35.9 Å². The number of nitrogens with two attached hydrogens (primary N) is 1. The summed E-state index contributed by atoms with van der Waals surface area (Å²) < 4.78 is 5.35. The predicted molar refractivity (Wildman–Crippen MR) is 76.7 cm³/mol. The van der Waals surface area contributed by atoms with Crippen LogP contribution >= 0.6 is 0 Å². The van der Waals surface area contributed by atoms with E-state index in [9.17, 15) is 4.79 Å². The third kappa shape index (κ3) is 6.94. The molecule has 0 saturated heterocycles. The molecule has 4 heteroatoms. The van der Waals surface area contributed by atoms with Crippen molar-refractivity contribution in [3.63, 3.8) is 0 Å². The van der Waals surface area contributed by atoms with Crippen LogP contribution in [-0.4, -0.2) is 25.2 Å².